The monoisotopic (exact) mass is 342 g/mol. The molecule has 1 aliphatic heterocycles. The Kier molecular flexibility index (Phi) is 3.56. The summed E-state index contributed by atoms with van der Waals surface area (Å²) in [6.45, 7) is 0.774. The van der Waals surface area contributed by atoms with Gasteiger partial charge >= 0.3 is 0 Å². The molecule has 3 heterocycles. The minimum Gasteiger partial charge on any atom is -0.486 e. The molecule has 10 heteroatoms. The molecule has 0 saturated heterocycles. The summed E-state index contributed by atoms with van der Waals surface area (Å²) in [5.41, 5.74) is 0.622. The third-order valence-corrected chi connectivity index (χ3v) is 3.72. The summed E-state index contributed by atoms with van der Waals surface area (Å²) in [7, 11) is 1.64. The largest absolute Gasteiger partial charge is 0.486 e. The molecule has 0 spiro atoms. The summed E-state index contributed by atoms with van der Waals surface area (Å²) in [5, 5.41) is 10.2. The van der Waals surface area contributed by atoms with E-state index in [0.717, 1.165) is 0 Å². The van der Waals surface area contributed by atoms with Gasteiger partial charge in [0, 0.05) is 18.8 Å². The van der Waals surface area contributed by atoms with Crippen molar-refractivity contribution in [2.45, 2.75) is 6.54 Å². The normalized spacial score (nSPS) is 13.0. The molecular weight excluding hydrogens is 328 g/mol. The molecule has 4 rings (SSSR count). The summed E-state index contributed by atoms with van der Waals surface area (Å²) >= 11 is 0. The van der Waals surface area contributed by atoms with Gasteiger partial charge in [0.05, 0.1) is 0 Å². The zero-order chi connectivity index (χ0) is 17.4. The molecule has 0 unspecified atom stereocenters. The van der Waals surface area contributed by atoms with Gasteiger partial charge in [-0.15, -0.1) is 5.10 Å². The number of fused-ring (bicyclic) bond motifs is 2. The molecule has 0 saturated carbocycles. The van der Waals surface area contributed by atoms with Crippen molar-refractivity contribution in [3.8, 4) is 11.5 Å². The van der Waals surface area contributed by atoms with Crippen LogP contribution in [0.1, 0.15) is 0 Å². The van der Waals surface area contributed by atoms with E-state index >= 15 is 0 Å². The first-order valence-electron chi connectivity index (χ1n) is 7.56. The molecule has 1 aromatic carbocycles. The van der Waals surface area contributed by atoms with Gasteiger partial charge in [0.1, 0.15) is 26.1 Å². The lowest BCUT2D eigenvalue weighted by Gasteiger charge is -2.19. The number of hydrogen-bond acceptors (Lipinski definition) is 7. The lowest BCUT2D eigenvalue weighted by Crippen LogP contribution is -2.28. The third-order valence-electron chi connectivity index (χ3n) is 3.72. The molecule has 1 amide bonds. The van der Waals surface area contributed by atoms with Crippen LogP contribution in [0.5, 0.6) is 11.5 Å². The van der Waals surface area contributed by atoms with Crippen LogP contribution in [0.15, 0.2) is 29.3 Å². The van der Waals surface area contributed by atoms with Crippen molar-refractivity contribution in [2.75, 3.05) is 18.5 Å². The number of carbonyl (C=O) groups excluding carboxylic acids is 1. The fourth-order valence-electron chi connectivity index (χ4n) is 2.54. The van der Waals surface area contributed by atoms with Crippen molar-refractivity contribution in [2.24, 2.45) is 7.05 Å². The highest BCUT2D eigenvalue weighted by Gasteiger charge is 2.15. The van der Waals surface area contributed by atoms with Crippen LogP contribution in [0, 0.1) is 0 Å². The van der Waals surface area contributed by atoms with Crippen molar-refractivity contribution >= 4 is 22.8 Å². The maximum atomic E-state index is 12.3. The number of nitrogens with zero attached hydrogens (tertiary/aromatic N) is 5. The predicted molar refractivity (Wildman–Crippen MR) is 86.6 cm³/mol. The van der Waals surface area contributed by atoms with E-state index in [1.54, 1.807) is 25.2 Å². The maximum Gasteiger partial charge on any atom is 0.283 e. The standard InChI is InChI=1S/C15H14N6O4/c1-20-14-13(18-19-20)15(23)21(8-16-14)7-12(22)17-9-2-3-10-11(6-9)25-5-4-24-10/h2-3,6,8H,4-5,7H2,1H3,(H,17,22). The topological polar surface area (TPSA) is 113 Å². The van der Waals surface area contributed by atoms with Crippen LogP contribution in [0.3, 0.4) is 0 Å². The van der Waals surface area contributed by atoms with E-state index in [1.165, 1.54) is 15.6 Å². The molecule has 0 bridgehead atoms. The van der Waals surface area contributed by atoms with Crippen LogP contribution in [-0.2, 0) is 18.4 Å². The summed E-state index contributed by atoms with van der Waals surface area (Å²) < 4.78 is 13.5. The highest BCUT2D eigenvalue weighted by molar-refractivity contribution is 5.91. The highest BCUT2D eigenvalue weighted by Crippen LogP contribution is 2.32. The predicted octanol–water partition coefficient (Wildman–Crippen LogP) is -0.0651. The summed E-state index contributed by atoms with van der Waals surface area (Å²) in [5.74, 6) is 0.838. The second-order valence-corrected chi connectivity index (χ2v) is 5.47. The number of benzene rings is 1. The molecule has 1 N–H and O–H groups in total. The van der Waals surface area contributed by atoms with Crippen LogP contribution >= 0.6 is 0 Å². The first-order valence-corrected chi connectivity index (χ1v) is 7.56. The number of rotatable bonds is 3. The van der Waals surface area contributed by atoms with Gasteiger partial charge in [-0.1, -0.05) is 5.21 Å². The Morgan fingerprint density at radius 2 is 2.08 bits per heavy atom. The average Bonchev–Trinajstić information content (AvgIpc) is 2.99. The molecule has 2 aromatic heterocycles. The van der Waals surface area contributed by atoms with E-state index in [-0.39, 0.29) is 18.0 Å². The number of aromatic nitrogens is 5. The fraction of sp³-hybridized carbons (Fsp3) is 0.267. The van der Waals surface area contributed by atoms with Crippen LogP contribution in [0.2, 0.25) is 0 Å². The molecule has 3 aromatic rings. The van der Waals surface area contributed by atoms with Gasteiger partial charge in [-0.05, 0) is 12.1 Å². The fourth-order valence-corrected chi connectivity index (χ4v) is 2.54. The van der Waals surface area contributed by atoms with Crippen LogP contribution in [0.25, 0.3) is 11.2 Å². The second-order valence-electron chi connectivity index (χ2n) is 5.47. The van der Waals surface area contributed by atoms with E-state index in [1.807, 2.05) is 0 Å². The van der Waals surface area contributed by atoms with Gasteiger partial charge in [0.15, 0.2) is 22.7 Å². The van der Waals surface area contributed by atoms with Gasteiger partial charge < -0.3 is 14.8 Å². The van der Waals surface area contributed by atoms with E-state index in [9.17, 15) is 9.59 Å². The highest BCUT2D eigenvalue weighted by atomic mass is 16.6. The molecule has 0 radical (unpaired) electrons. The first kappa shape index (κ1) is 15.1. The van der Waals surface area contributed by atoms with Crippen molar-refractivity contribution in [1.29, 1.82) is 0 Å². The van der Waals surface area contributed by atoms with Gasteiger partial charge in [0.25, 0.3) is 5.56 Å². The average molecular weight is 342 g/mol. The molecule has 0 fully saturated rings. The number of aryl methyl sites for hydroxylation is 1. The molecule has 128 valence electrons. The van der Waals surface area contributed by atoms with Crippen molar-refractivity contribution in [3.05, 3.63) is 34.9 Å². The molecule has 1 aliphatic rings. The van der Waals surface area contributed by atoms with E-state index in [0.29, 0.717) is 36.0 Å². The van der Waals surface area contributed by atoms with E-state index in [4.69, 9.17) is 9.47 Å². The maximum absolute atomic E-state index is 12.3. The summed E-state index contributed by atoms with van der Waals surface area (Å²) in [6.07, 6.45) is 1.30. The number of anilines is 1. The van der Waals surface area contributed by atoms with Crippen LogP contribution in [-0.4, -0.2) is 43.7 Å². The Morgan fingerprint density at radius 3 is 2.92 bits per heavy atom. The van der Waals surface area contributed by atoms with Gasteiger partial charge in [-0.2, -0.15) is 0 Å². The molecule has 0 atom stereocenters. The zero-order valence-electron chi connectivity index (χ0n) is 13.3. The lowest BCUT2D eigenvalue weighted by molar-refractivity contribution is -0.116. The Bertz CT molecular complexity index is 1020. The Balaban J connectivity index is 1.53. The molecule has 0 aliphatic carbocycles. The Morgan fingerprint density at radius 1 is 1.28 bits per heavy atom. The zero-order valence-corrected chi connectivity index (χ0v) is 13.3. The molecular formula is C15H14N6O4. The SMILES string of the molecule is Cn1nnc2c(=O)n(CC(=O)Nc3ccc4c(c3)OCCO4)cnc21. The number of nitrogens with one attached hydrogen (secondary N) is 1. The van der Waals surface area contributed by atoms with Crippen molar-refractivity contribution in [1.82, 2.24) is 24.5 Å². The quantitative estimate of drug-likeness (QED) is 0.709. The minimum atomic E-state index is -0.421. The second kappa shape index (κ2) is 5.89. The van der Waals surface area contributed by atoms with E-state index < -0.39 is 5.56 Å². The third kappa shape index (κ3) is 2.77. The minimum absolute atomic E-state index is 0.122. The van der Waals surface area contributed by atoms with Crippen LogP contribution < -0.4 is 20.3 Å². The number of hydrogen-bond donors (Lipinski definition) is 1. The number of amides is 1. The first-order chi connectivity index (χ1) is 12.1. The summed E-state index contributed by atoms with van der Waals surface area (Å²) in [6, 6.07) is 5.11. The van der Waals surface area contributed by atoms with Gasteiger partial charge in [-0.25, -0.2) is 9.67 Å². The number of carbonyl (C=O) groups is 1. The van der Waals surface area contributed by atoms with Crippen molar-refractivity contribution < 1.29 is 14.3 Å². The number of ether oxygens (including phenoxy) is 2. The van der Waals surface area contributed by atoms with E-state index in [2.05, 4.69) is 20.6 Å². The smallest absolute Gasteiger partial charge is 0.283 e. The Labute approximate surface area is 141 Å². The van der Waals surface area contributed by atoms with Gasteiger partial charge in [0.2, 0.25) is 5.91 Å². The lowest BCUT2D eigenvalue weighted by atomic mass is 10.2. The van der Waals surface area contributed by atoms with Crippen molar-refractivity contribution in [3.63, 3.8) is 0 Å². The van der Waals surface area contributed by atoms with Gasteiger partial charge in [-0.3, -0.25) is 14.2 Å². The van der Waals surface area contributed by atoms with Crippen LogP contribution in [0.4, 0.5) is 5.69 Å². The Hall–Kier alpha value is -3.43. The molecule has 25 heavy (non-hydrogen) atoms. The summed E-state index contributed by atoms with van der Waals surface area (Å²) in [4.78, 5) is 28.6. The molecule has 10 nitrogen and oxygen atoms in total.